The lowest BCUT2D eigenvalue weighted by Gasteiger charge is -2.35. The number of rotatable bonds is 7. The highest BCUT2D eigenvalue weighted by Crippen LogP contribution is 2.38. The summed E-state index contributed by atoms with van der Waals surface area (Å²) in [5.74, 6) is 2.39. The van der Waals surface area contributed by atoms with Crippen LogP contribution in [0.1, 0.15) is 42.9 Å². The van der Waals surface area contributed by atoms with E-state index in [-0.39, 0.29) is 18.2 Å². The molecule has 158 valence electrons. The van der Waals surface area contributed by atoms with E-state index >= 15 is 0 Å². The van der Waals surface area contributed by atoms with Crippen LogP contribution in [-0.2, 0) is 22.4 Å². The molecule has 0 bridgehead atoms. The molecule has 1 saturated heterocycles. The van der Waals surface area contributed by atoms with Gasteiger partial charge in [-0.3, -0.25) is 14.6 Å². The van der Waals surface area contributed by atoms with E-state index in [1.165, 1.54) is 0 Å². The third kappa shape index (κ3) is 5.31. The molecule has 1 saturated carbocycles. The molecule has 4 rings (SSSR count). The molecule has 2 aromatic rings. The lowest BCUT2D eigenvalue weighted by Crippen LogP contribution is -2.48. The molecule has 2 amide bonds. The first kappa shape index (κ1) is 20.3. The molecule has 0 spiro atoms. The van der Waals surface area contributed by atoms with E-state index in [0.717, 1.165) is 62.1 Å². The average Bonchev–Trinajstić information content (AvgIpc) is 3.60. The van der Waals surface area contributed by atoms with Crippen molar-refractivity contribution in [1.29, 1.82) is 0 Å². The Balaban J connectivity index is 1.36. The van der Waals surface area contributed by atoms with Crippen molar-refractivity contribution < 1.29 is 9.59 Å². The van der Waals surface area contributed by atoms with Gasteiger partial charge >= 0.3 is 0 Å². The number of anilines is 1. The second-order valence-electron chi connectivity index (χ2n) is 7.94. The van der Waals surface area contributed by atoms with Crippen molar-refractivity contribution in [2.45, 2.75) is 38.5 Å². The fraction of sp³-hybridized carbons (Fsp3) is 0.500. The largest absolute Gasteiger partial charge is 0.355 e. The standard InChI is InChI=1S/C22H28N6O2/c1-16(29)27-10-12-28(13-11-27)20-14-19(25-22(26-20)17-5-6-17)7-9-24-21(30)15-18-4-2-3-8-23-18/h2-4,8,14,17H,5-7,9-13,15H2,1H3,(H,24,30). The minimum absolute atomic E-state index is 0.0363. The lowest BCUT2D eigenvalue weighted by molar-refractivity contribution is -0.129. The smallest absolute Gasteiger partial charge is 0.226 e. The zero-order chi connectivity index (χ0) is 20.9. The molecule has 2 fully saturated rings. The molecule has 0 aromatic carbocycles. The normalized spacial score (nSPS) is 16.4. The fourth-order valence-electron chi connectivity index (χ4n) is 3.63. The van der Waals surface area contributed by atoms with E-state index in [9.17, 15) is 9.59 Å². The summed E-state index contributed by atoms with van der Waals surface area (Å²) in [4.78, 5) is 41.6. The highest BCUT2D eigenvalue weighted by atomic mass is 16.2. The van der Waals surface area contributed by atoms with E-state index in [4.69, 9.17) is 9.97 Å². The Morgan fingerprint density at radius 3 is 2.57 bits per heavy atom. The molecule has 30 heavy (non-hydrogen) atoms. The number of piperazine rings is 1. The molecule has 3 heterocycles. The number of carbonyl (C=O) groups is 2. The number of nitrogens with zero attached hydrogens (tertiary/aromatic N) is 5. The Hall–Kier alpha value is -3.03. The molecule has 0 atom stereocenters. The van der Waals surface area contributed by atoms with Crippen LogP contribution < -0.4 is 10.2 Å². The molecule has 0 unspecified atom stereocenters. The van der Waals surface area contributed by atoms with Gasteiger partial charge in [-0.2, -0.15) is 0 Å². The fourth-order valence-corrected chi connectivity index (χ4v) is 3.63. The van der Waals surface area contributed by atoms with Crippen LogP contribution in [0, 0.1) is 0 Å². The van der Waals surface area contributed by atoms with Crippen LogP contribution in [0.4, 0.5) is 5.82 Å². The summed E-state index contributed by atoms with van der Waals surface area (Å²) in [6.45, 7) is 5.14. The molecular formula is C22H28N6O2. The average molecular weight is 409 g/mol. The Morgan fingerprint density at radius 1 is 1.10 bits per heavy atom. The van der Waals surface area contributed by atoms with Crippen LogP contribution >= 0.6 is 0 Å². The zero-order valence-corrected chi connectivity index (χ0v) is 17.4. The quantitative estimate of drug-likeness (QED) is 0.743. The molecule has 8 nitrogen and oxygen atoms in total. The van der Waals surface area contributed by atoms with Gasteiger partial charge in [0.1, 0.15) is 11.6 Å². The van der Waals surface area contributed by atoms with Crippen LogP contribution in [0.15, 0.2) is 30.5 Å². The van der Waals surface area contributed by atoms with E-state index < -0.39 is 0 Å². The predicted octanol–water partition coefficient (Wildman–Crippen LogP) is 1.32. The van der Waals surface area contributed by atoms with Crippen LogP contribution in [-0.4, -0.2) is 64.4 Å². The van der Waals surface area contributed by atoms with Gasteiger partial charge in [0.15, 0.2) is 0 Å². The number of aromatic nitrogens is 3. The van der Waals surface area contributed by atoms with Crippen molar-refractivity contribution >= 4 is 17.6 Å². The Kier molecular flexibility index (Phi) is 6.21. The number of hydrogen-bond donors (Lipinski definition) is 1. The van der Waals surface area contributed by atoms with Gasteiger partial charge in [-0.25, -0.2) is 9.97 Å². The van der Waals surface area contributed by atoms with E-state index in [0.29, 0.717) is 18.9 Å². The summed E-state index contributed by atoms with van der Waals surface area (Å²) < 4.78 is 0. The maximum Gasteiger partial charge on any atom is 0.226 e. The zero-order valence-electron chi connectivity index (χ0n) is 17.4. The van der Waals surface area contributed by atoms with Crippen LogP contribution in [0.5, 0.6) is 0 Å². The second kappa shape index (κ2) is 9.19. The van der Waals surface area contributed by atoms with Crippen molar-refractivity contribution in [2.24, 2.45) is 0 Å². The predicted molar refractivity (Wildman–Crippen MR) is 113 cm³/mol. The molecule has 1 N–H and O–H groups in total. The molecule has 8 heteroatoms. The maximum absolute atomic E-state index is 12.2. The second-order valence-corrected chi connectivity index (χ2v) is 7.94. The first-order valence-electron chi connectivity index (χ1n) is 10.6. The van der Waals surface area contributed by atoms with Gasteiger partial charge in [-0.1, -0.05) is 6.07 Å². The van der Waals surface area contributed by atoms with Gasteiger partial charge in [-0.15, -0.1) is 0 Å². The van der Waals surface area contributed by atoms with Crippen molar-refractivity contribution in [3.8, 4) is 0 Å². The number of pyridine rings is 1. The number of hydrogen-bond acceptors (Lipinski definition) is 6. The van der Waals surface area contributed by atoms with Crippen LogP contribution in [0.3, 0.4) is 0 Å². The van der Waals surface area contributed by atoms with Crippen molar-refractivity contribution in [3.63, 3.8) is 0 Å². The van der Waals surface area contributed by atoms with Crippen molar-refractivity contribution in [2.75, 3.05) is 37.6 Å². The third-order valence-electron chi connectivity index (χ3n) is 5.55. The van der Waals surface area contributed by atoms with Gasteiger partial charge in [0.2, 0.25) is 11.8 Å². The van der Waals surface area contributed by atoms with E-state index in [2.05, 4.69) is 15.2 Å². The Bertz CT molecular complexity index is 892. The number of nitrogens with one attached hydrogen (secondary N) is 1. The summed E-state index contributed by atoms with van der Waals surface area (Å²) in [5.41, 5.74) is 1.72. The number of amides is 2. The minimum atomic E-state index is -0.0363. The summed E-state index contributed by atoms with van der Waals surface area (Å²) >= 11 is 0. The van der Waals surface area contributed by atoms with Crippen molar-refractivity contribution in [3.05, 3.63) is 47.7 Å². The molecule has 0 radical (unpaired) electrons. The topological polar surface area (TPSA) is 91.3 Å². The first-order valence-corrected chi connectivity index (χ1v) is 10.6. The highest BCUT2D eigenvalue weighted by Gasteiger charge is 2.28. The molecule has 2 aromatic heterocycles. The molecule has 1 aliphatic carbocycles. The molecular weight excluding hydrogens is 380 g/mol. The van der Waals surface area contributed by atoms with Crippen LogP contribution in [0.25, 0.3) is 0 Å². The Morgan fingerprint density at radius 2 is 1.90 bits per heavy atom. The summed E-state index contributed by atoms with van der Waals surface area (Å²) in [6.07, 6.45) is 4.92. The van der Waals surface area contributed by atoms with Gasteiger partial charge in [0.05, 0.1) is 6.42 Å². The highest BCUT2D eigenvalue weighted by molar-refractivity contribution is 5.78. The van der Waals surface area contributed by atoms with Gasteiger partial charge in [-0.05, 0) is 25.0 Å². The third-order valence-corrected chi connectivity index (χ3v) is 5.55. The molecule has 2 aliphatic rings. The summed E-state index contributed by atoms with van der Waals surface area (Å²) in [6, 6.07) is 7.60. The first-order chi connectivity index (χ1) is 14.6. The van der Waals surface area contributed by atoms with E-state index in [1.54, 1.807) is 13.1 Å². The SMILES string of the molecule is CC(=O)N1CCN(c2cc(CCNC(=O)Cc3ccccn3)nc(C3CC3)n2)CC1. The minimum Gasteiger partial charge on any atom is -0.355 e. The van der Waals surface area contributed by atoms with Crippen LogP contribution in [0.2, 0.25) is 0 Å². The summed E-state index contributed by atoms with van der Waals surface area (Å²) in [7, 11) is 0. The lowest BCUT2D eigenvalue weighted by atomic mass is 10.2. The number of carbonyl (C=O) groups excluding carboxylic acids is 2. The molecule has 1 aliphatic heterocycles. The Labute approximate surface area is 176 Å². The van der Waals surface area contributed by atoms with Crippen molar-refractivity contribution in [1.82, 2.24) is 25.2 Å². The maximum atomic E-state index is 12.2. The summed E-state index contributed by atoms with van der Waals surface area (Å²) in [5, 5.41) is 2.96. The van der Waals surface area contributed by atoms with Gasteiger partial charge in [0, 0.05) is 75.6 Å². The van der Waals surface area contributed by atoms with E-state index in [1.807, 2.05) is 29.2 Å². The van der Waals surface area contributed by atoms with Gasteiger partial charge in [0.25, 0.3) is 0 Å². The monoisotopic (exact) mass is 408 g/mol. The van der Waals surface area contributed by atoms with Gasteiger partial charge < -0.3 is 15.1 Å².